The predicted octanol–water partition coefficient (Wildman–Crippen LogP) is 2.77. The Morgan fingerprint density at radius 2 is 2.24 bits per heavy atom. The average Bonchev–Trinajstić information content (AvgIpc) is 3.16. The van der Waals surface area contributed by atoms with Crippen LogP contribution in [-0.4, -0.2) is 33.8 Å². The summed E-state index contributed by atoms with van der Waals surface area (Å²) in [6.07, 6.45) is 2.56. The molecule has 1 N–H and O–H groups in total. The van der Waals surface area contributed by atoms with E-state index < -0.39 is 0 Å². The van der Waals surface area contributed by atoms with E-state index in [1.54, 1.807) is 18.4 Å². The molecule has 3 aromatic rings. The summed E-state index contributed by atoms with van der Waals surface area (Å²) in [5.41, 5.74) is 0. The van der Waals surface area contributed by atoms with Gasteiger partial charge in [0.2, 0.25) is 0 Å². The molecule has 25 heavy (non-hydrogen) atoms. The Bertz CT molecular complexity index is 869. The summed E-state index contributed by atoms with van der Waals surface area (Å²) in [4.78, 5) is 13.4. The number of fused-ring (bicyclic) bond motifs is 2. The van der Waals surface area contributed by atoms with E-state index in [0.717, 1.165) is 52.4 Å². The number of nitrogens with zero attached hydrogens (tertiary/aromatic N) is 3. The molecule has 2 aromatic heterocycles. The van der Waals surface area contributed by atoms with Gasteiger partial charge in [0.05, 0.1) is 4.88 Å². The van der Waals surface area contributed by atoms with E-state index in [2.05, 4.69) is 20.1 Å². The molecule has 0 radical (unpaired) electrons. The van der Waals surface area contributed by atoms with Crippen molar-refractivity contribution in [3.8, 4) is 0 Å². The van der Waals surface area contributed by atoms with E-state index >= 15 is 0 Å². The number of carbonyl (C=O) groups excluding carboxylic acids is 1. The predicted molar refractivity (Wildman–Crippen MR) is 96.8 cm³/mol. The minimum atomic E-state index is 0.0148. The number of methoxy groups -OCH3 is 1. The summed E-state index contributed by atoms with van der Waals surface area (Å²) in [7, 11) is 1.66. The lowest BCUT2D eigenvalue weighted by molar-refractivity contribution is 0.0937. The molecule has 0 saturated carbocycles. The molecule has 0 saturated heterocycles. The first-order valence-corrected chi connectivity index (χ1v) is 9.25. The van der Waals surface area contributed by atoms with Crippen LogP contribution in [0.5, 0.6) is 0 Å². The van der Waals surface area contributed by atoms with Gasteiger partial charge in [0.25, 0.3) is 5.91 Å². The van der Waals surface area contributed by atoms with Crippen molar-refractivity contribution in [3.63, 3.8) is 0 Å². The number of rotatable bonds is 4. The minimum Gasteiger partial charge on any atom is -0.377 e. The van der Waals surface area contributed by atoms with Crippen LogP contribution in [0.25, 0.3) is 10.1 Å². The number of amides is 1. The van der Waals surface area contributed by atoms with Crippen LogP contribution in [0.1, 0.15) is 34.2 Å². The molecule has 0 aliphatic carbocycles. The number of ether oxygens (including phenoxy) is 1. The Morgan fingerprint density at radius 3 is 3.08 bits per heavy atom. The number of benzene rings is 1. The van der Waals surface area contributed by atoms with Gasteiger partial charge in [-0.3, -0.25) is 4.79 Å². The smallest absolute Gasteiger partial charge is 0.261 e. The molecular formula is C18H20N4O2S. The number of hydrogen-bond acceptors (Lipinski definition) is 5. The van der Waals surface area contributed by atoms with Crippen molar-refractivity contribution in [3.05, 3.63) is 46.9 Å². The Kier molecular flexibility index (Phi) is 4.50. The number of hydrogen-bond donors (Lipinski definition) is 1. The van der Waals surface area contributed by atoms with E-state index in [1.165, 1.54) is 0 Å². The third-order valence-corrected chi connectivity index (χ3v) is 5.69. The van der Waals surface area contributed by atoms with E-state index in [9.17, 15) is 4.79 Å². The SMILES string of the molecule is COCc1nnc2n1CCC(NC(=O)c1cc3ccccc3s1)CC2. The fourth-order valence-electron chi connectivity index (χ4n) is 3.28. The molecule has 0 spiro atoms. The normalized spacial score (nSPS) is 17.2. The van der Waals surface area contributed by atoms with Crippen molar-refractivity contribution in [1.29, 1.82) is 0 Å². The lowest BCUT2D eigenvalue weighted by atomic mass is 10.1. The maximum absolute atomic E-state index is 12.6. The zero-order valence-corrected chi connectivity index (χ0v) is 14.9. The molecule has 1 aliphatic rings. The van der Waals surface area contributed by atoms with Crippen LogP contribution in [0.4, 0.5) is 0 Å². The van der Waals surface area contributed by atoms with Gasteiger partial charge in [-0.2, -0.15) is 0 Å². The largest absolute Gasteiger partial charge is 0.377 e. The number of aromatic nitrogens is 3. The Morgan fingerprint density at radius 1 is 1.36 bits per heavy atom. The second kappa shape index (κ2) is 6.93. The summed E-state index contributed by atoms with van der Waals surface area (Å²) in [5.74, 6) is 1.85. The Balaban J connectivity index is 1.44. The highest BCUT2D eigenvalue weighted by atomic mass is 32.1. The summed E-state index contributed by atoms with van der Waals surface area (Å²) in [6.45, 7) is 1.27. The molecule has 1 amide bonds. The fourth-order valence-corrected chi connectivity index (χ4v) is 4.24. The Labute approximate surface area is 149 Å². The summed E-state index contributed by atoms with van der Waals surface area (Å²) >= 11 is 1.54. The highest BCUT2D eigenvalue weighted by molar-refractivity contribution is 7.20. The van der Waals surface area contributed by atoms with Crippen molar-refractivity contribution < 1.29 is 9.53 Å². The standard InChI is InChI=1S/C18H20N4O2S/c1-24-11-17-21-20-16-7-6-13(8-9-22(16)17)19-18(23)15-10-12-4-2-3-5-14(12)25-15/h2-5,10,13H,6-9,11H2,1H3,(H,19,23). The minimum absolute atomic E-state index is 0.0148. The van der Waals surface area contributed by atoms with Crippen molar-refractivity contribution >= 4 is 27.3 Å². The molecule has 3 heterocycles. The van der Waals surface area contributed by atoms with Gasteiger partial charge in [0.1, 0.15) is 12.4 Å². The van der Waals surface area contributed by atoms with Crippen molar-refractivity contribution in [2.75, 3.05) is 7.11 Å². The number of aryl methyl sites for hydroxylation is 1. The van der Waals surface area contributed by atoms with Crippen LogP contribution in [0.15, 0.2) is 30.3 Å². The van der Waals surface area contributed by atoms with Crippen LogP contribution in [0.3, 0.4) is 0 Å². The highest BCUT2D eigenvalue weighted by Crippen LogP contribution is 2.25. The summed E-state index contributed by atoms with van der Waals surface area (Å²) in [5, 5.41) is 12.8. The van der Waals surface area contributed by atoms with E-state index in [0.29, 0.717) is 6.61 Å². The molecule has 0 fully saturated rings. The van der Waals surface area contributed by atoms with E-state index in [1.807, 2.05) is 30.3 Å². The monoisotopic (exact) mass is 356 g/mol. The van der Waals surface area contributed by atoms with E-state index in [4.69, 9.17) is 4.74 Å². The van der Waals surface area contributed by atoms with Gasteiger partial charge in [-0.25, -0.2) is 0 Å². The first-order chi connectivity index (χ1) is 12.2. The maximum Gasteiger partial charge on any atom is 0.261 e. The molecule has 1 atom stereocenters. The van der Waals surface area contributed by atoms with E-state index in [-0.39, 0.29) is 11.9 Å². The molecule has 0 bridgehead atoms. The van der Waals surface area contributed by atoms with Gasteiger partial charge in [-0.1, -0.05) is 18.2 Å². The molecule has 1 aliphatic heterocycles. The van der Waals surface area contributed by atoms with Gasteiger partial charge < -0.3 is 14.6 Å². The zero-order valence-electron chi connectivity index (χ0n) is 14.1. The van der Waals surface area contributed by atoms with Crippen LogP contribution in [0.2, 0.25) is 0 Å². The highest BCUT2D eigenvalue weighted by Gasteiger charge is 2.22. The van der Waals surface area contributed by atoms with Crippen molar-refractivity contribution in [2.45, 2.75) is 38.5 Å². The maximum atomic E-state index is 12.6. The van der Waals surface area contributed by atoms with Gasteiger partial charge in [0.15, 0.2) is 5.82 Å². The zero-order chi connectivity index (χ0) is 17.2. The van der Waals surface area contributed by atoms with Crippen LogP contribution in [0, 0.1) is 0 Å². The number of thiophene rings is 1. The summed E-state index contributed by atoms with van der Waals surface area (Å²) < 4.78 is 8.44. The van der Waals surface area contributed by atoms with Gasteiger partial charge in [-0.05, 0) is 30.4 Å². The van der Waals surface area contributed by atoms with Crippen LogP contribution >= 0.6 is 11.3 Å². The third kappa shape index (κ3) is 3.29. The Hall–Kier alpha value is -2.25. The second-order valence-electron chi connectivity index (χ2n) is 6.26. The second-order valence-corrected chi connectivity index (χ2v) is 7.35. The molecule has 130 valence electrons. The van der Waals surface area contributed by atoms with Gasteiger partial charge >= 0.3 is 0 Å². The third-order valence-electron chi connectivity index (χ3n) is 4.58. The number of carbonyl (C=O) groups is 1. The average molecular weight is 356 g/mol. The molecule has 4 rings (SSSR count). The number of nitrogens with one attached hydrogen (secondary N) is 1. The topological polar surface area (TPSA) is 69.0 Å². The molecule has 1 aromatic carbocycles. The van der Waals surface area contributed by atoms with Crippen LogP contribution in [-0.2, 0) is 24.3 Å². The van der Waals surface area contributed by atoms with Crippen molar-refractivity contribution in [2.24, 2.45) is 0 Å². The molecular weight excluding hydrogens is 336 g/mol. The molecule has 6 nitrogen and oxygen atoms in total. The van der Waals surface area contributed by atoms with Crippen LogP contribution < -0.4 is 5.32 Å². The molecule has 7 heteroatoms. The lowest BCUT2D eigenvalue weighted by Gasteiger charge is -2.15. The molecule has 1 unspecified atom stereocenters. The first kappa shape index (κ1) is 16.2. The van der Waals surface area contributed by atoms with Gasteiger partial charge in [0, 0.05) is 30.8 Å². The van der Waals surface area contributed by atoms with Gasteiger partial charge in [-0.15, -0.1) is 21.5 Å². The first-order valence-electron chi connectivity index (χ1n) is 8.44. The fraction of sp³-hybridized carbons (Fsp3) is 0.389. The quantitative estimate of drug-likeness (QED) is 0.780. The summed E-state index contributed by atoms with van der Waals surface area (Å²) in [6, 6.07) is 10.2. The van der Waals surface area contributed by atoms with Crippen molar-refractivity contribution in [1.82, 2.24) is 20.1 Å². The lowest BCUT2D eigenvalue weighted by Crippen LogP contribution is -2.34.